The number of esters is 1. The van der Waals surface area contributed by atoms with E-state index in [1.165, 1.54) is 32.2 Å². The van der Waals surface area contributed by atoms with Gasteiger partial charge in [0.2, 0.25) is 0 Å². The standard InChI is InChI=1S/C15H13ClN2O6S/c1-8(24-15(20)12-5-6-13(16)25-12)14(19)17-10-7-9(18(21)22)3-4-11(10)23-2/h3-8H,1-2H3,(H,17,19)/t8-/m0/s1. The smallest absolute Gasteiger partial charge is 0.349 e. The van der Waals surface area contributed by atoms with Gasteiger partial charge >= 0.3 is 5.97 Å². The van der Waals surface area contributed by atoms with Crippen molar-refractivity contribution < 1.29 is 24.0 Å². The zero-order chi connectivity index (χ0) is 18.6. The van der Waals surface area contributed by atoms with Gasteiger partial charge < -0.3 is 14.8 Å². The first-order valence-electron chi connectivity index (χ1n) is 6.91. The molecule has 0 saturated carbocycles. The molecule has 1 aromatic carbocycles. The lowest BCUT2D eigenvalue weighted by molar-refractivity contribution is -0.384. The van der Waals surface area contributed by atoms with Crippen LogP contribution < -0.4 is 10.1 Å². The van der Waals surface area contributed by atoms with Crippen LogP contribution in [0.1, 0.15) is 16.6 Å². The average Bonchev–Trinajstić information content (AvgIpc) is 3.01. The first-order chi connectivity index (χ1) is 11.8. The summed E-state index contributed by atoms with van der Waals surface area (Å²) in [4.78, 5) is 34.6. The number of thiophene rings is 1. The number of methoxy groups -OCH3 is 1. The van der Waals surface area contributed by atoms with Crippen LogP contribution in [-0.2, 0) is 9.53 Å². The van der Waals surface area contributed by atoms with Crippen LogP contribution in [0, 0.1) is 10.1 Å². The van der Waals surface area contributed by atoms with Crippen molar-refractivity contribution in [2.45, 2.75) is 13.0 Å². The number of non-ortho nitro benzene ring substituents is 1. The zero-order valence-electron chi connectivity index (χ0n) is 13.1. The monoisotopic (exact) mass is 384 g/mol. The molecule has 1 aromatic heterocycles. The molecule has 0 fully saturated rings. The number of ether oxygens (including phenoxy) is 2. The summed E-state index contributed by atoms with van der Waals surface area (Å²) < 4.78 is 10.5. The minimum Gasteiger partial charge on any atom is -0.495 e. The van der Waals surface area contributed by atoms with Crippen LogP contribution in [0.15, 0.2) is 30.3 Å². The normalized spacial score (nSPS) is 11.5. The van der Waals surface area contributed by atoms with Gasteiger partial charge in [-0.3, -0.25) is 14.9 Å². The second-order valence-electron chi connectivity index (χ2n) is 4.78. The van der Waals surface area contributed by atoms with Gasteiger partial charge in [0.1, 0.15) is 10.6 Å². The summed E-state index contributed by atoms with van der Waals surface area (Å²) in [5.74, 6) is -1.11. The van der Waals surface area contributed by atoms with Gasteiger partial charge in [0.15, 0.2) is 6.10 Å². The number of nitrogens with one attached hydrogen (secondary N) is 1. The highest BCUT2D eigenvalue weighted by Crippen LogP contribution is 2.29. The van der Waals surface area contributed by atoms with Crippen molar-refractivity contribution in [1.82, 2.24) is 0 Å². The number of hydrogen-bond donors (Lipinski definition) is 1. The van der Waals surface area contributed by atoms with Gasteiger partial charge in [-0.2, -0.15) is 0 Å². The molecular weight excluding hydrogens is 372 g/mol. The van der Waals surface area contributed by atoms with Crippen molar-refractivity contribution in [3.63, 3.8) is 0 Å². The van der Waals surface area contributed by atoms with Gasteiger partial charge in [-0.25, -0.2) is 4.79 Å². The van der Waals surface area contributed by atoms with Crippen molar-refractivity contribution in [3.8, 4) is 5.75 Å². The van der Waals surface area contributed by atoms with Crippen LogP contribution in [0.3, 0.4) is 0 Å². The Labute approximate surface area is 151 Å². The molecule has 0 spiro atoms. The van der Waals surface area contributed by atoms with Crippen LogP contribution in [0.25, 0.3) is 0 Å². The number of nitro groups is 1. The van der Waals surface area contributed by atoms with E-state index in [4.69, 9.17) is 21.1 Å². The molecule has 132 valence electrons. The highest BCUT2D eigenvalue weighted by molar-refractivity contribution is 7.17. The van der Waals surface area contributed by atoms with E-state index in [-0.39, 0.29) is 22.0 Å². The van der Waals surface area contributed by atoms with E-state index >= 15 is 0 Å². The SMILES string of the molecule is COc1ccc([N+](=O)[O-])cc1NC(=O)[C@H](C)OC(=O)c1ccc(Cl)s1. The second kappa shape index (κ2) is 7.95. The third-order valence-corrected chi connectivity index (χ3v) is 4.29. The number of amides is 1. The highest BCUT2D eigenvalue weighted by atomic mass is 35.5. The minimum atomic E-state index is -1.13. The van der Waals surface area contributed by atoms with Gasteiger partial charge in [0.25, 0.3) is 11.6 Å². The number of anilines is 1. The molecule has 2 aromatic rings. The Balaban J connectivity index is 2.09. The third kappa shape index (κ3) is 4.68. The Morgan fingerprint density at radius 1 is 1.32 bits per heavy atom. The Hall–Kier alpha value is -2.65. The van der Waals surface area contributed by atoms with Crippen molar-refractivity contribution >= 4 is 46.2 Å². The van der Waals surface area contributed by atoms with E-state index in [0.29, 0.717) is 4.34 Å². The van der Waals surface area contributed by atoms with Crippen LogP contribution in [-0.4, -0.2) is 30.0 Å². The molecule has 0 aliphatic rings. The van der Waals surface area contributed by atoms with Gasteiger partial charge in [0, 0.05) is 12.1 Å². The zero-order valence-corrected chi connectivity index (χ0v) is 14.7. The first kappa shape index (κ1) is 18.7. The van der Waals surface area contributed by atoms with Gasteiger partial charge in [-0.1, -0.05) is 11.6 Å². The lowest BCUT2D eigenvalue weighted by Crippen LogP contribution is -2.30. The molecule has 25 heavy (non-hydrogen) atoms. The number of benzene rings is 1. The number of nitrogens with zero attached hydrogens (tertiary/aromatic N) is 1. The number of carbonyl (C=O) groups excluding carboxylic acids is 2. The maximum atomic E-state index is 12.2. The summed E-state index contributed by atoms with van der Waals surface area (Å²) in [6.45, 7) is 1.38. The summed E-state index contributed by atoms with van der Waals surface area (Å²) in [6, 6.07) is 6.80. The summed E-state index contributed by atoms with van der Waals surface area (Å²) in [5, 5.41) is 13.3. The van der Waals surface area contributed by atoms with Crippen LogP contribution >= 0.6 is 22.9 Å². The molecule has 1 amide bonds. The fourth-order valence-corrected chi connectivity index (χ4v) is 2.76. The van der Waals surface area contributed by atoms with E-state index in [1.807, 2.05) is 0 Å². The maximum absolute atomic E-state index is 12.2. The Kier molecular flexibility index (Phi) is 5.94. The number of halogens is 1. The summed E-state index contributed by atoms with van der Waals surface area (Å²) in [6.07, 6.45) is -1.13. The summed E-state index contributed by atoms with van der Waals surface area (Å²) in [7, 11) is 1.36. The molecule has 0 aliphatic heterocycles. The van der Waals surface area contributed by atoms with Crippen LogP contribution in [0.5, 0.6) is 5.75 Å². The molecule has 1 atom stereocenters. The molecule has 10 heteroatoms. The highest BCUT2D eigenvalue weighted by Gasteiger charge is 2.22. The fourth-order valence-electron chi connectivity index (χ4n) is 1.84. The van der Waals surface area contributed by atoms with Gasteiger partial charge in [0.05, 0.1) is 22.1 Å². The largest absolute Gasteiger partial charge is 0.495 e. The lowest BCUT2D eigenvalue weighted by atomic mass is 10.2. The van der Waals surface area contributed by atoms with E-state index in [9.17, 15) is 19.7 Å². The van der Waals surface area contributed by atoms with E-state index < -0.39 is 22.9 Å². The van der Waals surface area contributed by atoms with Crippen LogP contribution in [0.2, 0.25) is 4.34 Å². The maximum Gasteiger partial charge on any atom is 0.349 e. The fraction of sp³-hybridized carbons (Fsp3) is 0.200. The third-order valence-electron chi connectivity index (χ3n) is 3.08. The van der Waals surface area contributed by atoms with Gasteiger partial charge in [-0.15, -0.1) is 11.3 Å². The molecule has 0 aliphatic carbocycles. The van der Waals surface area contributed by atoms with Gasteiger partial charge in [-0.05, 0) is 25.1 Å². The predicted octanol–water partition coefficient (Wildman–Crippen LogP) is 3.50. The van der Waals surface area contributed by atoms with Crippen LogP contribution in [0.4, 0.5) is 11.4 Å². The number of carbonyl (C=O) groups is 2. The topological polar surface area (TPSA) is 108 Å². The number of rotatable bonds is 6. The molecule has 8 nitrogen and oxygen atoms in total. The predicted molar refractivity (Wildman–Crippen MR) is 92.5 cm³/mol. The molecule has 0 bridgehead atoms. The minimum absolute atomic E-state index is 0.101. The molecule has 2 rings (SSSR count). The van der Waals surface area contributed by atoms with Crippen molar-refractivity contribution in [1.29, 1.82) is 0 Å². The molecule has 1 N–H and O–H groups in total. The van der Waals surface area contributed by atoms with E-state index in [1.54, 1.807) is 6.07 Å². The number of nitro benzene ring substituents is 1. The average molecular weight is 385 g/mol. The van der Waals surface area contributed by atoms with E-state index in [2.05, 4.69) is 5.32 Å². The number of hydrogen-bond acceptors (Lipinski definition) is 7. The second-order valence-corrected chi connectivity index (χ2v) is 6.50. The van der Waals surface area contributed by atoms with Crippen molar-refractivity contribution in [3.05, 3.63) is 49.7 Å². The Morgan fingerprint density at radius 2 is 2.04 bits per heavy atom. The molecule has 0 saturated heterocycles. The van der Waals surface area contributed by atoms with Crippen molar-refractivity contribution in [2.24, 2.45) is 0 Å². The quantitative estimate of drug-likeness (QED) is 0.464. The molecule has 1 heterocycles. The molecule has 0 radical (unpaired) electrons. The van der Waals surface area contributed by atoms with E-state index in [0.717, 1.165) is 17.4 Å². The summed E-state index contributed by atoms with van der Waals surface area (Å²) >= 11 is 6.78. The first-order valence-corrected chi connectivity index (χ1v) is 8.11. The molecule has 0 unspecified atom stereocenters. The lowest BCUT2D eigenvalue weighted by Gasteiger charge is -2.14. The summed E-state index contributed by atoms with van der Waals surface area (Å²) in [5.41, 5.74) is -0.113. The van der Waals surface area contributed by atoms with Crippen molar-refractivity contribution in [2.75, 3.05) is 12.4 Å². The molecular formula is C15H13ClN2O6S. The Bertz CT molecular complexity index is 822. The Morgan fingerprint density at radius 3 is 2.60 bits per heavy atom.